The average molecular weight is 347 g/mol. The molecule has 0 N–H and O–H groups in total. The van der Waals surface area contributed by atoms with Crippen LogP contribution in [-0.2, 0) is 6.42 Å². The third-order valence-corrected chi connectivity index (χ3v) is 5.53. The van der Waals surface area contributed by atoms with E-state index in [0.29, 0.717) is 0 Å². The van der Waals surface area contributed by atoms with Gasteiger partial charge in [-0.25, -0.2) is 0 Å². The maximum Gasteiger partial charge on any atom is 0.0797 e. The van der Waals surface area contributed by atoms with Gasteiger partial charge in [0.25, 0.3) is 0 Å². The zero-order chi connectivity index (χ0) is 18.2. The van der Waals surface area contributed by atoms with Crippen molar-refractivity contribution in [3.8, 4) is 0 Å². The molecule has 1 heterocycles. The number of aryl methyl sites for hydroxylation is 1. The lowest BCUT2D eigenvalue weighted by Gasteiger charge is -2.25. The van der Waals surface area contributed by atoms with Gasteiger partial charge in [0.15, 0.2) is 0 Å². The summed E-state index contributed by atoms with van der Waals surface area (Å²) in [6.07, 6.45) is 0.952. The minimum atomic E-state index is 0.162. The molecule has 1 atom stereocenters. The Hall–Kier alpha value is -3.19. The molecule has 0 spiro atoms. The van der Waals surface area contributed by atoms with Gasteiger partial charge in [-0.05, 0) is 40.8 Å². The number of aliphatic imine (C=N–C) groups is 1. The molecule has 1 heteroatoms. The molecular formula is C26H21N. The largest absolute Gasteiger partial charge is 0.276 e. The summed E-state index contributed by atoms with van der Waals surface area (Å²) < 4.78 is 0. The van der Waals surface area contributed by atoms with Gasteiger partial charge in [-0.1, -0.05) is 91.0 Å². The highest BCUT2D eigenvalue weighted by molar-refractivity contribution is 6.21. The minimum Gasteiger partial charge on any atom is -0.276 e. The Morgan fingerprint density at radius 3 is 2.37 bits per heavy atom. The van der Waals surface area contributed by atoms with Crippen molar-refractivity contribution in [3.63, 3.8) is 0 Å². The predicted octanol–water partition coefficient (Wildman–Crippen LogP) is 6.28. The van der Waals surface area contributed by atoms with Crippen LogP contribution in [0.25, 0.3) is 10.8 Å². The Bertz CT molecular complexity index is 1160. The van der Waals surface area contributed by atoms with E-state index in [1.54, 1.807) is 0 Å². The topological polar surface area (TPSA) is 12.4 Å². The van der Waals surface area contributed by atoms with Crippen LogP contribution in [0.1, 0.15) is 33.9 Å². The van der Waals surface area contributed by atoms with Gasteiger partial charge < -0.3 is 0 Å². The maximum absolute atomic E-state index is 5.29. The summed E-state index contributed by atoms with van der Waals surface area (Å²) in [5.41, 5.74) is 7.59. The second-order valence-corrected chi connectivity index (χ2v) is 7.24. The monoisotopic (exact) mass is 347 g/mol. The van der Waals surface area contributed by atoms with Crippen LogP contribution < -0.4 is 0 Å². The van der Waals surface area contributed by atoms with Gasteiger partial charge >= 0.3 is 0 Å². The molecule has 0 amide bonds. The predicted molar refractivity (Wildman–Crippen MR) is 114 cm³/mol. The van der Waals surface area contributed by atoms with E-state index in [2.05, 4.69) is 97.9 Å². The average Bonchev–Trinajstić information content (AvgIpc) is 2.74. The summed E-state index contributed by atoms with van der Waals surface area (Å²) in [6, 6.07) is 32.6. The second kappa shape index (κ2) is 6.51. The molecule has 1 unspecified atom stereocenters. The second-order valence-electron chi connectivity index (χ2n) is 7.24. The summed E-state index contributed by atoms with van der Waals surface area (Å²) in [5.74, 6) is 0. The molecule has 0 bridgehead atoms. The zero-order valence-corrected chi connectivity index (χ0v) is 15.4. The van der Waals surface area contributed by atoms with Crippen molar-refractivity contribution >= 4 is 16.5 Å². The van der Waals surface area contributed by atoms with Crippen LogP contribution in [0.2, 0.25) is 0 Å². The summed E-state index contributed by atoms with van der Waals surface area (Å²) in [4.78, 5) is 5.29. The summed E-state index contributed by atoms with van der Waals surface area (Å²) in [5, 5.41) is 2.54. The van der Waals surface area contributed by atoms with E-state index in [4.69, 9.17) is 4.99 Å². The molecule has 0 saturated carbocycles. The summed E-state index contributed by atoms with van der Waals surface area (Å²) in [7, 11) is 0. The Labute approximate surface area is 160 Å². The number of hydrogen-bond acceptors (Lipinski definition) is 1. The van der Waals surface area contributed by atoms with E-state index in [1.165, 1.54) is 38.6 Å². The number of hydrogen-bond donors (Lipinski definition) is 0. The van der Waals surface area contributed by atoms with Gasteiger partial charge in [-0.3, -0.25) is 4.99 Å². The quantitative estimate of drug-likeness (QED) is 0.404. The van der Waals surface area contributed by atoms with Crippen LogP contribution in [-0.4, -0.2) is 5.71 Å². The van der Waals surface area contributed by atoms with E-state index in [9.17, 15) is 0 Å². The van der Waals surface area contributed by atoms with Gasteiger partial charge in [-0.2, -0.15) is 0 Å². The third kappa shape index (κ3) is 2.76. The van der Waals surface area contributed by atoms with Gasteiger partial charge in [0, 0.05) is 11.1 Å². The van der Waals surface area contributed by atoms with Crippen molar-refractivity contribution in [1.29, 1.82) is 0 Å². The van der Waals surface area contributed by atoms with E-state index < -0.39 is 0 Å². The van der Waals surface area contributed by atoms with Gasteiger partial charge in [-0.15, -0.1) is 0 Å². The fourth-order valence-corrected chi connectivity index (χ4v) is 4.17. The SMILES string of the molecule is Cc1ccc2ccccc2c1C1=NC(c2ccccc2)Cc2ccccc21. The molecule has 1 nitrogen and oxygen atoms in total. The van der Waals surface area contributed by atoms with E-state index >= 15 is 0 Å². The molecular weight excluding hydrogens is 326 g/mol. The lowest BCUT2D eigenvalue weighted by molar-refractivity contribution is 0.712. The van der Waals surface area contributed by atoms with Crippen molar-refractivity contribution in [2.75, 3.05) is 0 Å². The third-order valence-electron chi connectivity index (χ3n) is 5.53. The molecule has 1 aliphatic heterocycles. The molecule has 27 heavy (non-hydrogen) atoms. The highest BCUT2D eigenvalue weighted by Gasteiger charge is 2.24. The van der Waals surface area contributed by atoms with Gasteiger partial charge in [0.05, 0.1) is 11.8 Å². The van der Waals surface area contributed by atoms with Gasteiger partial charge in [0.1, 0.15) is 0 Å². The zero-order valence-electron chi connectivity index (χ0n) is 15.4. The first kappa shape index (κ1) is 16.0. The van der Waals surface area contributed by atoms with Crippen LogP contribution >= 0.6 is 0 Å². The van der Waals surface area contributed by atoms with E-state index in [-0.39, 0.29) is 6.04 Å². The summed E-state index contributed by atoms with van der Waals surface area (Å²) >= 11 is 0. The molecule has 0 fully saturated rings. The molecule has 4 aromatic rings. The molecule has 0 saturated heterocycles. The molecule has 1 aliphatic rings. The Morgan fingerprint density at radius 2 is 1.48 bits per heavy atom. The molecule has 4 aromatic carbocycles. The molecule has 0 aliphatic carbocycles. The molecule has 130 valence electrons. The molecule has 0 radical (unpaired) electrons. The highest BCUT2D eigenvalue weighted by atomic mass is 14.8. The van der Waals surface area contributed by atoms with Crippen molar-refractivity contribution in [1.82, 2.24) is 0 Å². The fourth-order valence-electron chi connectivity index (χ4n) is 4.17. The van der Waals surface area contributed by atoms with Crippen molar-refractivity contribution < 1.29 is 0 Å². The van der Waals surface area contributed by atoms with E-state index in [0.717, 1.165) is 12.1 Å². The molecule has 5 rings (SSSR count). The minimum absolute atomic E-state index is 0.162. The lowest BCUT2D eigenvalue weighted by Crippen LogP contribution is -2.18. The smallest absolute Gasteiger partial charge is 0.0797 e. The first-order valence-corrected chi connectivity index (χ1v) is 9.51. The Kier molecular flexibility index (Phi) is 3.86. The maximum atomic E-state index is 5.29. The van der Waals surface area contributed by atoms with E-state index in [1.807, 2.05) is 0 Å². The Balaban J connectivity index is 1.78. The van der Waals surface area contributed by atoms with Crippen LogP contribution in [0.3, 0.4) is 0 Å². The van der Waals surface area contributed by atoms with Crippen molar-refractivity contribution in [3.05, 3.63) is 119 Å². The highest BCUT2D eigenvalue weighted by Crippen LogP contribution is 2.34. The first-order valence-electron chi connectivity index (χ1n) is 9.51. The molecule has 0 aromatic heterocycles. The van der Waals surface area contributed by atoms with Crippen LogP contribution in [0.15, 0.2) is 96.0 Å². The first-order chi connectivity index (χ1) is 13.3. The number of fused-ring (bicyclic) bond motifs is 2. The Morgan fingerprint density at radius 1 is 0.741 bits per heavy atom. The van der Waals surface area contributed by atoms with Crippen molar-refractivity contribution in [2.45, 2.75) is 19.4 Å². The number of benzene rings is 4. The number of rotatable bonds is 2. The van der Waals surface area contributed by atoms with Gasteiger partial charge in [0.2, 0.25) is 0 Å². The lowest BCUT2D eigenvalue weighted by atomic mass is 9.85. The fraction of sp³-hybridized carbons (Fsp3) is 0.115. The summed E-state index contributed by atoms with van der Waals surface area (Å²) in [6.45, 7) is 2.19. The standard InChI is InChI=1S/C26H21N/c1-18-15-16-19-9-5-7-13-22(19)25(18)26-23-14-8-6-12-21(23)17-24(27-26)20-10-3-2-4-11-20/h2-16,24H,17H2,1H3. The van der Waals surface area contributed by atoms with Crippen molar-refractivity contribution in [2.24, 2.45) is 4.99 Å². The normalized spacial score (nSPS) is 16.0. The van der Waals surface area contributed by atoms with Crippen LogP contribution in [0.4, 0.5) is 0 Å². The van der Waals surface area contributed by atoms with Crippen LogP contribution in [0.5, 0.6) is 0 Å². The van der Waals surface area contributed by atoms with Crippen LogP contribution in [0, 0.1) is 6.92 Å². The number of nitrogens with zero attached hydrogens (tertiary/aromatic N) is 1.